The average molecular weight is 366 g/mol. The molecule has 1 radical (unpaired) electrons. The summed E-state index contributed by atoms with van der Waals surface area (Å²) in [6, 6.07) is 3.96. The summed E-state index contributed by atoms with van der Waals surface area (Å²) in [5.41, 5.74) is 0.923. The number of rotatable bonds is 0. The van der Waals surface area contributed by atoms with Crippen LogP contribution in [0.15, 0.2) is 27.4 Å². The van der Waals surface area contributed by atoms with Gasteiger partial charge in [0, 0.05) is 0 Å². The predicted octanol–water partition coefficient (Wildman–Crippen LogP) is 1.95. The zero-order valence-electron chi connectivity index (χ0n) is 6.29. The molecule has 0 amide bonds. The Bertz CT molecular complexity index is 473. The molecule has 65 valence electrons. The zero-order chi connectivity index (χ0) is 9.42. The monoisotopic (exact) mass is 365 g/mol. The zero-order valence-corrected chi connectivity index (χ0v) is 11.2. The molecule has 2 nitrogen and oxygen atoms in total. The van der Waals surface area contributed by atoms with E-state index in [4.69, 9.17) is 0 Å². The van der Waals surface area contributed by atoms with Gasteiger partial charge in [-0.25, -0.2) is 0 Å². The summed E-state index contributed by atoms with van der Waals surface area (Å²) >= 11 is 9.77. The summed E-state index contributed by atoms with van der Waals surface area (Å²) in [7, 11) is 0. The van der Waals surface area contributed by atoms with Gasteiger partial charge in [0.2, 0.25) is 0 Å². The second-order valence-corrected chi connectivity index (χ2v) is 5.04. The van der Waals surface area contributed by atoms with Crippen molar-refractivity contribution in [2.24, 2.45) is 0 Å². The number of hydrogen-bond acceptors (Lipinski definition) is 2. The molecule has 1 aromatic heterocycles. The summed E-state index contributed by atoms with van der Waals surface area (Å²) in [6.07, 6.45) is 1.55. The molecule has 0 bridgehead atoms. The Morgan fingerprint density at radius 3 is 2.69 bits per heavy atom. The van der Waals surface area contributed by atoms with Crippen LogP contribution in [0.3, 0.4) is 0 Å². The van der Waals surface area contributed by atoms with Crippen LogP contribution in [-0.2, 0) is 0 Å². The summed E-state index contributed by atoms with van der Waals surface area (Å²) in [5.74, 6) is 0. The van der Waals surface area contributed by atoms with Gasteiger partial charge in [0.15, 0.2) is 0 Å². The van der Waals surface area contributed by atoms with Crippen LogP contribution in [0.25, 0.3) is 10.9 Å². The van der Waals surface area contributed by atoms with Crippen LogP contribution in [0.1, 0.15) is 0 Å². The maximum atomic E-state index is 4.18. The minimum absolute atomic E-state index is 0.868. The third kappa shape index (κ3) is 1.79. The second-order valence-electron chi connectivity index (χ2n) is 2.46. The fourth-order valence-electron chi connectivity index (χ4n) is 1.07. The van der Waals surface area contributed by atoms with Crippen LogP contribution in [-0.4, -0.2) is 26.0 Å². The van der Waals surface area contributed by atoms with Crippen LogP contribution in [0.2, 0.25) is 0 Å². The molecular formula is C8H3Br2N2Se. The SMILES string of the molecule is [Se]c1ncnc2c(Br)cc(Br)cc12. The van der Waals surface area contributed by atoms with E-state index >= 15 is 0 Å². The molecular weight excluding hydrogens is 363 g/mol. The van der Waals surface area contributed by atoms with E-state index in [2.05, 4.69) is 57.8 Å². The van der Waals surface area contributed by atoms with Crippen LogP contribution in [0, 0.1) is 0 Å². The first kappa shape index (κ1) is 9.59. The van der Waals surface area contributed by atoms with Crippen molar-refractivity contribution in [3.8, 4) is 0 Å². The van der Waals surface area contributed by atoms with Crippen LogP contribution >= 0.6 is 31.9 Å². The van der Waals surface area contributed by atoms with Crippen molar-refractivity contribution >= 4 is 63.4 Å². The molecule has 1 heterocycles. The van der Waals surface area contributed by atoms with Gasteiger partial charge in [0.05, 0.1) is 0 Å². The normalized spacial score (nSPS) is 10.6. The van der Waals surface area contributed by atoms with Crippen LogP contribution in [0.5, 0.6) is 0 Å². The summed E-state index contributed by atoms with van der Waals surface area (Å²) < 4.78 is 2.85. The van der Waals surface area contributed by atoms with E-state index in [1.165, 1.54) is 0 Å². The van der Waals surface area contributed by atoms with Gasteiger partial charge in [-0.15, -0.1) is 0 Å². The molecule has 0 spiro atoms. The third-order valence-electron chi connectivity index (χ3n) is 1.62. The second kappa shape index (κ2) is 3.65. The molecule has 2 aromatic rings. The van der Waals surface area contributed by atoms with E-state index in [1.807, 2.05) is 12.1 Å². The van der Waals surface area contributed by atoms with Crippen molar-refractivity contribution in [2.75, 3.05) is 0 Å². The van der Waals surface area contributed by atoms with E-state index in [0.717, 1.165) is 24.4 Å². The predicted molar refractivity (Wildman–Crippen MR) is 60.3 cm³/mol. The van der Waals surface area contributed by atoms with Gasteiger partial charge in [-0.2, -0.15) is 0 Å². The fraction of sp³-hybridized carbons (Fsp3) is 0. The number of hydrogen-bond donors (Lipinski definition) is 0. The standard InChI is InChI=1S/C8H3Br2N2Se/c9-4-1-5-7(6(10)2-4)11-3-12-8(5)13/h1-3H. The average Bonchev–Trinajstić information content (AvgIpc) is 2.07. The van der Waals surface area contributed by atoms with Crippen LogP contribution in [0.4, 0.5) is 0 Å². The van der Waals surface area contributed by atoms with Gasteiger partial charge in [0.1, 0.15) is 0 Å². The van der Waals surface area contributed by atoms with Gasteiger partial charge < -0.3 is 0 Å². The first-order valence-electron chi connectivity index (χ1n) is 3.45. The number of aromatic nitrogens is 2. The molecule has 0 aliphatic rings. The fourth-order valence-corrected chi connectivity index (χ4v) is 2.82. The molecule has 2 rings (SSSR count). The Kier molecular flexibility index (Phi) is 2.70. The number of halogens is 2. The Balaban J connectivity index is 2.94. The van der Waals surface area contributed by atoms with E-state index < -0.39 is 0 Å². The van der Waals surface area contributed by atoms with Crippen molar-refractivity contribution in [1.29, 1.82) is 0 Å². The number of nitrogens with zero attached hydrogens (tertiary/aromatic N) is 2. The quantitative estimate of drug-likeness (QED) is 0.667. The molecule has 0 N–H and O–H groups in total. The van der Waals surface area contributed by atoms with E-state index in [9.17, 15) is 0 Å². The topological polar surface area (TPSA) is 25.8 Å². The van der Waals surface area contributed by atoms with Crippen molar-refractivity contribution in [1.82, 2.24) is 9.97 Å². The van der Waals surface area contributed by atoms with Gasteiger partial charge in [0.25, 0.3) is 0 Å². The molecule has 0 saturated carbocycles. The van der Waals surface area contributed by atoms with E-state index in [-0.39, 0.29) is 0 Å². The van der Waals surface area contributed by atoms with Gasteiger partial charge in [-0.3, -0.25) is 0 Å². The van der Waals surface area contributed by atoms with Crippen molar-refractivity contribution in [3.05, 3.63) is 27.4 Å². The first-order valence-corrected chi connectivity index (χ1v) is 5.89. The molecule has 0 fully saturated rings. The van der Waals surface area contributed by atoms with E-state index in [0.29, 0.717) is 0 Å². The van der Waals surface area contributed by atoms with Crippen molar-refractivity contribution < 1.29 is 0 Å². The molecule has 0 atom stereocenters. The Hall–Kier alpha value is 0.0395. The number of benzene rings is 1. The van der Waals surface area contributed by atoms with E-state index in [1.54, 1.807) is 6.33 Å². The summed E-state index contributed by atoms with van der Waals surface area (Å²) in [5, 5.41) is 1.02. The molecule has 0 unspecified atom stereocenters. The molecule has 1 aromatic carbocycles. The molecule has 13 heavy (non-hydrogen) atoms. The van der Waals surface area contributed by atoms with Crippen LogP contribution < -0.4 is 4.59 Å². The molecule has 5 heteroatoms. The summed E-state index contributed by atoms with van der Waals surface area (Å²) in [4.78, 5) is 8.27. The van der Waals surface area contributed by atoms with Gasteiger partial charge >= 0.3 is 101 Å². The third-order valence-corrected chi connectivity index (χ3v) is 3.37. The Morgan fingerprint density at radius 2 is 1.92 bits per heavy atom. The maximum absolute atomic E-state index is 4.18. The van der Waals surface area contributed by atoms with Crippen molar-refractivity contribution in [2.45, 2.75) is 0 Å². The summed E-state index contributed by atoms with van der Waals surface area (Å²) in [6.45, 7) is 0. The van der Waals surface area contributed by atoms with Gasteiger partial charge in [-0.05, 0) is 0 Å². The van der Waals surface area contributed by atoms with Crippen molar-refractivity contribution in [3.63, 3.8) is 0 Å². The van der Waals surface area contributed by atoms with Gasteiger partial charge in [-0.1, -0.05) is 0 Å². The minimum atomic E-state index is 0.868. The molecule has 0 aliphatic heterocycles. The first-order chi connectivity index (χ1) is 6.18. The molecule has 0 aliphatic carbocycles. The number of fused-ring (bicyclic) bond motifs is 1. The molecule has 0 saturated heterocycles. The Morgan fingerprint density at radius 1 is 1.15 bits per heavy atom. The Labute approximate surface area is 100 Å².